The highest BCUT2D eigenvalue weighted by Crippen LogP contribution is 2.31. The topological polar surface area (TPSA) is 48.9 Å². The predicted octanol–water partition coefficient (Wildman–Crippen LogP) is 3.97. The van der Waals surface area contributed by atoms with Crippen LogP contribution in [0, 0.1) is 6.92 Å². The Morgan fingerprint density at radius 3 is 2.90 bits per heavy atom. The van der Waals surface area contributed by atoms with Crippen LogP contribution in [0.2, 0.25) is 0 Å². The Balaban J connectivity index is 2.13. The molecule has 3 nitrogen and oxygen atoms in total. The highest BCUT2D eigenvalue weighted by atomic mass is 16.3. The van der Waals surface area contributed by atoms with Crippen LogP contribution in [0.5, 0.6) is 5.75 Å². The number of aromatic nitrogens is 2. The number of rotatable bonds is 3. The summed E-state index contributed by atoms with van der Waals surface area (Å²) < 4.78 is 0. The lowest BCUT2D eigenvalue weighted by molar-refractivity contribution is 0.477. The van der Waals surface area contributed by atoms with E-state index in [4.69, 9.17) is 0 Å². The van der Waals surface area contributed by atoms with Gasteiger partial charge in [0.05, 0.1) is 11.0 Å². The van der Waals surface area contributed by atoms with Crippen molar-refractivity contribution in [3.05, 3.63) is 60.4 Å². The Hall–Kier alpha value is -2.55. The maximum Gasteiger partial charge on any atom is 0.123 e. The third kappa shape index (κ3) is 2.18. The zero-order valence-electron chi connectivity index (χ0n) is 11.4. The summed E-state index contributed by atoms with van der Waals surface area (Å²) in [5, 5.41) is 10.1. The number of hydrogen-bond donors (Lipinski definition) is 2. The largest absolute Gasteiger partial charge is 0.507 e. The predicted molar refractivity (Wildman–Crippen MR) is 81.8 cm³/mol. The van der Waals surface area contributed by atoms with Crippen molar-refractivity contribution in [3.8, 4) is 16.9 Å². The standard InChI is InChI=1S/C17H16N2O/c1-3-4-12-5-8-17(20)14(9-12)13-6-7-15-16(10-13)19-11(2)18-15/h3,5-10,20H,1,4H2,2H3,(H,18,19). The maximum atomic E-state index is 10.1. The summed E-state index contributed by atoms with van der Waals surface area (Å²) in [5.41, 5.74) is 4.84. The number of phenols is 1. The molecular weight excluding hydrogens is 248 g/mol. The average molecular weight is 264 g/mol. The third-order valence-electron chi connectivity index (χ3n) is 3.35. The molecule has 0 aliphatic carbocycles. The molecular formula is C17H16N2O. The van der Waals surface area contributed by atoms with Gasteiger partial charge < -0.3 is 10.1 Å². The van der Waals surface area contributed by atoms with Crippen LogP contribution >= 0.6 is 0 Å². The number of nitrogens with zero attached hydrogens (tertiary/aromatic N) is 1. The zero-order valence-corrected chi connectivity index (χ0v) is 11.4. The first-order valence-electron chi connectivity index (χ1n) is 6.57. The molecule has 0 spiro atoms. The molecule has 1 aromatic heterocycles. The summed E-state index contributed by atoms with van der Waals surface area (Å²) in [4.78, 5) is 7.63. The van der Waals surface area contributed by atoms with E-state index < -0.39 is 0 Å². The summed E-state index contributed by atoms with van der Waals surface area (Å²) in [6, 6.07) is 11.6. The zero-order chi connectivity index (χ0) is 14.1. The van der Waals surface area contributed by atoms with Crippen LogP contribution in [0.1, 0.15) is 11.4 Å². The van der Waals surface area contributed by atoms with Crippen LogP contribution in [0.4, 0.5) is 0 Å². The molecule has 3 aromatic rings. The number of benzene rings is 2. The van der Waals surface area contributed by atoms with Gasteiger partial charge in [-0.3, -0.25) is 0 Å². The minimum atomic E-state index is 0.282. The van der Waals surface area contributed by atoms with Gasteiger partial charge in [-0.2, -0.15) is 0 Å². The molecule has 0 aliphatic heterocycles. The van der Waals surface area contributed by atoms with Crippen molar-refractivity contribution in [2.75, 3.05) is 0 Å². The Kier molecular flexibility index (Phi) is 3.03. The van der Waals surface area contributed by atoms with Crippen molar-refractivity contribution in [2.24, 2.45) is 0 Å². The molecule has 0 fully saturated rings. The number of hydrogen-bond acceptors (Lipinski definition) is 2. The Bertz CT molecular complexity index is 787. The van der Waals surface area contributed by atoms with Gasteiger partial charge in [-0.15, -0.1) is 6.58 Å². The first-order chi connectivity index (χ1) is 9.67. The molecule has 20 heavy (non-hydrogen) atoms. The van der Waals surface area contributed by atoms with Crippen molar-refractivity contribution in [2.45, 2.75) is 13.3 Å². The number of nitrogens with one attached hydrogen (secondary N) is 1. The molecule has 2 N–H and O–H groups in total. The fourth-order valence-electron chi connectivity index (χ4n) is 2.41. The van der Waals surface area contributed by atoms with Gasteiger partial charge in [-0.1, -0.05) is 18.2 Å². The van der Waals surface area contributed by atoms with E-state index in [0.29, 0.717) is 0 Å². The molecule has 0 saturated carbocycles. The maximum absolute atomic E-state index is 10.1. The number of fused-ring (bicyclic) bond motifs is 1. The molecule has 100 valence electrons. The Morgan fingerprint density at radius 1 is 1.25 bits per heavy atom. The molecule has 0 unspecified atom stereocenters. The van der Waals surface area contributed by atoms with Crippen LogP contribution < -0.4 is 0 Å². The molecule has 2 aromatic carbocycles. The average Bonchev–Trinajstić information content (AvgIpc) is 2.80. The molecule has 3 rings (SSSR count). The molecule has 0 radical (unpaired) electrons. The lowest BCUT2D eigenvalue weighted by atomic mass is 10.0. The van der Waals surface area contributed by atoms with Crippen LogP contribution in [-0.2, 0) is 6.42 Å². The van der Waals surface area contributed by atoms with E-state index in [2.05, 4.69) is 16.5 Å². The molecule has 0 atom stereocenters. The van der Waals surface area contributed by atoms with Crippen molar-refractivity contribution in [1.29, 1.82) is 0 Å². The Morgan fingerprint density at radius 2 is 2.10 bits per heavy atom. The van der Waals surface area contributed by atoms with Crippen LogP contribution in [0.3, 0.4) is 0 Å². The fourth-order valence-corrected chi connectivity index (χ4v) is 2.41. The van der Waals surface area contributed by atoms with E-state index in [-0.39, 0.29) is 5.75 Å². The number of imidazole rings is 1. The molecule has 0 saturated heterocycles. The van der Waals surface area contributed by atoms with E-state index in [1.165, 1.54) is 0 Å². The van der Waals surface area contributed by atoms with Crippen molar-refractivity contribution >= 4 is 11.0 Å². The van der Waals surface area contributed by atoms with E-state index in [9.17, 15) is 5.11 Å². The smallest absolute Gasteiger partial charge is 0.123 e. The third-order valence-corrected chi connectivity index (χ3v) is 3.35. The number of aryl methyl sites for hydroxylation is 1. The lowest BCUT2D eigenvalue weighted by Gasteiger charge is -2.07. The molecule has 0 bridgehead atoms. The number of H-pyrrole nitrogens is 1. The van der Waals surface area contributed by atoms with Crippen molar-refractivity contribution < 1.29 is 5.11 Å². The van der Waals surface area contributed by atoms with Crippen LogP contribution in [0.15, 0.2) is 49.1 Å². The van der Waals surface area contributed by atoms with Crippen molar-refractivity contribution in [3.63, 3.8) is 0 Å². The molecule has 0 amide bonds. The summed E-state index contributed by atoms with van der Waals surface area (Å²) in [6.45, 7) is 5.68. The SMILES string of the molecule is C=CCc1ccc(O)c(-c2ccc3[nH]c(C)nc3c2)c1. The quantitative estimate of drug-likeness (QED) is 0.703. The van der Waals surface area contributed by atoms with Gasteiger partial charge in [0.2, 0.25) is 0 Å². The van der Waals surface area contributed by atoms with Gasteiger partial charge in [0.15, 0.2) is 0 Å². The normalized spacial score (nSPS) is 10.8. The van der Waals surface area contributed by atoms with Crippen molar-refractivity contribution in [1.82, 2.24) is 9.97 Å². The van der Waals surface area contributed by atoms with Crippen LogP contribution in [0.25, 0.3) is 22.2 Å². The second-order valence-electron chi connectivity index (χ2n) is 4.90. The first kappa shape index (κ1) is 12.5. The molecule has 0 aliphatic rings. The van der Waals surface area contributed by atoms with E-state index in [1.54, 1.807) is 6.07 Å². The van der Waals surface area contributed by atoms with Gasteiger partial charge in [0, 0.05) is 5.56 Å². The fraction of sp³-hybridized carbons (Fsp3) is 0.118. The van der Waals surface area contributed by atoms with Crippen LogP contribution in [-0.4, -0.2) is 15.1 Å². The summed E-state index contributed by atoms with van der Waals surface area (Å²) in [5.74, 6) is 1.17. The van der Waals surface area contributed by atoms with Gasteiger partial charge in [0.25, 0.3) is 0 Å². The van der Waals surface area contributed by atoms with Gasteiger partial charge in [0.1, 0.15) is 11.6 Å². The number of phenolic OH excluding ortho intramolecular Hbond substituents is 1. The van der Waals surface area contributed by atoms with E-state index in [0.717, 1.165) is 40.0 Å². The number of aromatic amines is 1. The highest BCUT2D eigenvalue weighted by Gasteiger charge is 2.08. The minimum Gasteiger partial charge on any atom is -0.507 e. The lowest BCUT2D eigenvalue weighted by Crippen LogP contribution is -1.85. The van der Waals surface area contributed by atoms with E-state index in [1.807, 2.05) is 43.3 Å². The monoisotopic (exact) mass is 264 g/mol. The second-order valence-corrected chi connectivity index (χ2v) is 4.90. The minimum absolute atomic E-state index is 0.282. The summed E-state index contributed by atoms with van der Waals surface area (Å²) in [7, 11) is 0. The summed E-state index contributed by atoms with van der Waals surface area (Å²) in [6.07, 6.45) is 2.65. The highest BCUT2D eigenvalue weighted by molar-refractivity contribution is 5.83. The van der Waals surface area contributed by atoms with E-state index >= 15 is 0 Å². The number of aromatic hydroxyl groups is 1. The van der Waals surface area contributed by atoms with Gasteiger partial charge >= 0.3 is 0 Å². The van der Waals surface area contributed by atoms with Gasteiger partial charge in [-0.05, 0) is 48.7 Å². The molecule has 3 heteroatoms. The van der Waals surface area contributed by atoms with Gasteiger partial charge in [-0.25, -0.2) is 4.98 Å². The summed E-state index contributed by atoms with van der Waals surface area (Å²) >= 11 is 0. The second kappa shape index (κ2) is 4.85. The first-order valence-corrected chi connectivity index (χ1v) is 6.57. The number of allylic oxidation sites excluding steroid dienone is 1. The molecule has 1 heterocycles. The Labute approximate surface area is 117 Å².